The van der Waals surface area contributed by atoms with Crippen molar-refractivity contribution in [2.75, 3.05) is 54.0 Å². The topological polar surface area (TPSA) is 70.2 Å². The maximum atomic E-state index is 12.7. The van der Waals surface area contributed by atoms with Crippen LogP contribution in [0.15, 0.2) is 0 Å². The first-order valence-electron chi connectivity index (χ1n) is 7.66. The van der Waals surface area contributed by atoms with E-state index >= 15 is 0 Å². The Morgan fingerprint density at radius 3 is 2.32 bits per heavy atom. The number of rotatable bonds is 4. The van der Waals surface area contributed by atoms with Crippen LogP contribution >= 0.6 is 0 Å². The molecule has 0 aromatic heterocycles. The van der Waals surface area contributed by atoms with Crippen LogP contribution in [0.25, 0.3) is 0 Å². The standard InChI is InChI=1S/C15H25N3O4/c1-16(2)12(19)10-18-9-6-15(14(18)21)4-7-17(8-5-15)13(20)11-22-3/h4-11H2,1-3H3. The molecule has 0 radical (unpaired) electrons. The van der Waals surface area contributed by atoms with Crippen LogP contribution in [-0.4, -0.2) is 86.4 Å². The van der Waals surface area contributed by atoms with E-state index in [1.165, 1.54) is 12.0 Å². The van der Waals surface area contributed by atoms with Gasteiger partial charge in [0.1, 0.15) is 6.61 Å². The van der Waals surface area contributed by atoms with Crippen LogP contribution in [0.5, 0.6) is 0 Å². The van der Waals surface area contributed by atoms with Crippen molar-refractivity contribution in [3.8, 4) is 0 Å². The Morgan fingerprint density at radius 2 is 1.77 bits per heavy atom. The zero-order chi connectivity index (χ0) is 16.3. The van der Waals surface area contributed by atoms with Crippen molar-refractivity contribution in [3.63, 3.8) is 0 Å². The van der Waals surface area contributed by atoms with Gasteiger partial charge in [-0.15, -0.1) is 0 Å². The normalized spacial score (nSPS) is 20.6. The second-order valence-corrected chi connectivity index (χ2v) is 6.36. The van der Waals surface area contributed by atoms with Gasteiger partial charge in [-0.25, -0.2) is 0 Å². The number of nitrogens with zero attached hydrogens (tertiary/aromatic N) is 3. The summed E-state index contributed by atoms with van der Waals surface area (Å²) in [5.74, 6) is -0.0120. The van der Waals surface area contributed by atoms with E-state index in [2.05, 4.69) is 0 Å². The van der Waals surface area contributed by atoms with Crippen LogP contribution in [0.4, 0.5) is 0 Å². The monoisotopic (exact) mass is 311 g/mol. The van der Waals surface area contributed by atoms with Gasteiger partial charge < -0.3 is 19.4 Å². The second kappa shape index (κ2) is 6.64. The molecule has 2 fully saturated rings. The number of methoxy groups -OCH3 is 1. The molecule has 0 bridgehead atoms. The molecule has 0 N–H and O–H groups in total. The van der Waals surface area contributed by atoms with Crippen LogP contribution in [-0.2, 0) is 19.1 Å². The van der Waals surface area contributed by atoms with Crippen molar-refractivity contribution in [2.45, 2.75) is 19.3 Å². The van der Waals surface area contributed by atoms with E-state index in [0.717, 1.165) is 6.42 Å². The predicted octanol–water partition coefficient (Wildman–Crippen LogP) is -0.438. The lowest BCUT2D eigenvalue weighted by atomic mass is 9.77. The van der Waals surface area contributed by atoms with Gasteiger partial charge in [-0.1, -0.05) is 0 Å². The van der Waals surface area contributed by atoms with Crippen LogP contribution in [0.3, 0.4) is 0 Å². The molecule has 0 atom stereocenters. The summed E-state index contributed by atoms with van der Waals surface area (Å²) in [6, 6.07) is 0. The van der Waals surface area contributed by atoms with Crippen molar-refractivity contribution >= 4 is 17.7 Å². The number of ether oxygens (including phenoxy) is 1. The number of hydrogen-bond donors (Lipinski definition) is 0. The summed E-state index contributed by atoms with van der Waals surface area (Å²) in [6.45, 7) is 2.04. The highest BCUT2D eigenvalue weighted by Gasteiger charge is 2.48. The molecule has 2 rings (SSSR count). The quantitative estimate of drug-likeness (QED) is 0.706. The zero-order valence-corrected chi connectivity index (χ0v) is 13.6. The summed E-state index contributed by atoms with van der Waals surface area (Å²) < 4.78 is 4.87. The van der Waals surface area contributed by atoms with E-state index in [4.69, 9.17) is 4.74 Å². The molecule has 0 aromatic rings. The summed E-state index contributed by atoms with van der Waals surface area (Å²) >= 11 is 0. The molecule has 7 nitrogen and oxygen atoms in total. The highest BCUT2D eigenvalue weighted by molar-refractivity contribution is 5.89. The fourth-order valence-electron chi connectivity index (χ4n) is 3.21. The molecule has 2 heterocycles. The predicted molar refractivity (Wildman–Crippen MR) is 80.0 cm³/mol. The summed E-state index contributed by atoms with van der Waals surface area (Å²) in [7, 11) is 4.89. The van der Waals surface area contributed by atoms with E-state index < -0.39 is 0 Å². The molecule has 0 aromatic carbocycles. The zero-order valence-electron chi connectivity index (χ0n) is 13.6. The van der Waals surface area contributed by atoms with Crippen LogP contribution in [0.2, 0.25) is 0 Å². The first-order chi connectivity index (χ1) is 10.4. The number of amides is 3. The average molecular weight is 311 g/mol. The number of likely N-dealkylation sites (N-methyl/N-ethyl adjacent to an activating group) is 1. The van der Waals surface area contributed by atoms with Gasteiger partial charge in [0.15, 0.2) is 0 Å². The number of hydrogen-bond acceptors (Lipinski definition) is 4. The van der Waals surface area contributed by atoms with Crippen molar-refractivity contribution < 1.29 is 19.1 Å². The van der Waals surface area contributed by atoms with Gasteiger partial charge in [0.05, 0.1) is 12.0 Å². The number of piperidine rings is 1. The Hall–Kier alpha value is -1.63. The molecular weight excluding hydrogens is 286 g/mol. The number of carbonyl (C=O) groups excluding carboxylic acids is 3. The van der Waals surface area contributed by atoms with Crippen LogP contribution in [0, 0.1) is 5.41 Å². The molecule has 124 valence electrons. The maximum absolute atomic E-state index is 12.7. The third-order valence-electron chi connectivity index (χ3n) is 4.77. The number of carbonyl (C=O) groups is 3. The largest absolute Gasteiger partial charge is 0.375 e. The lowest BCUT2D eigenvalue weighted by Gasteiger charge is -2.37. The lowest BCUT2D eigenvalue weighted by molar-refractivity contribution is -0.146. The maximum Gasteiger partial charge on any atom is 0.248 e. The van der Waals surface area contributed by atoms with E-state index in [0.29, 0.717) is 32.5 Å². The van der Waals surface area contributed by atoms with Gasteiger partial charge in [-0.2, -0.15) is 0 Å². The van der Waals surface area contributed by atoms with Gasteiger partial charge in [0, 0.05) is 40.8 Å². The fourth-order valence-corrected chi connectivity index (χ4v) is 3.21. The Labute approximate surface area is 131 Å². The Morgan fingerprint density at radius 1 is 1.18 bits per heavy atom. The highest BCUT2D eigenvalue weighted by atomic mass is 16.5. The molecule has 1 spiro atoms. The molecule has 0 aliphatic carbocycles. The molecule has 7 heteroatoms. The van der Waals surface area contributed by atoms with Crippen molar-refractivity contribution in [1.29, 1.82) is 0 Å². The minimum Gasteiger partial charge on any atom is -0.375 e. The molecular formula is C15H25N3O4. The molecule has 0 unspecified atom stereocenters. The SMILES string of the molecule is COCC(=O)N1CCC2(CC1)CCN(CC(=O)N(C)C)C2=O. The van der Waals surface area contributed by atoms with Crippen molar-refractivity contribution in [1.82, 2.24) is 14.7 Å². The summed E-state index contributed by atoms with van der Waals surface area (Å²) in [5.41, 5.74) is -0.379. The molecule has 22 heavy (non-hydrogen) atoms. The number of likely N-dealkylation sites (tertiary alicyclic amines) is 2. The summed E-state index contributed by atoms with van der Waals surface area (Å²) in [4.78, 5) is 41.2. The Kier molecular flexibility index (Phi) is 5.05. The van der Waals surface area contributed by atoms with Gasteiger partial charge >= 0.3 is 0 Å². The smallest absolute Gasteiger partial charge is 0.248 e. The highest BCUT2D eigenvalue weighted by Crippen LogP contribution is 2.41. The van der Waals surface area contributed by atoms with Crippen LogP contribution in [0.1, 0.15) is 19.3 Å². The summed E-state index contributed by atoms with van der Waals surface area (Å²) in [5, 5.41) is 0. The van der Waals surface area contributed by atoms with E-state index in [1.54, 1.807) is 23.9 Å². The average Bonchev–Trinajstić information content (AvgIpc) is 2.78. The third kappa shape index (κ3) is 3.24. The first kappa shape index (κ1) is 16.7. The minimum absolute atomic E-state index is 0.0255. The van der Waals surface area contributed by atoms with Crippen molar-refractivity contribution in [2.24, 2.45) is 5.41 Å². The van der Waals surface area contributed by atoms with Crippen LogP contribution < -0.4 is 0 Å². The van der Waals surface area contributed by atoms with E-state index in [1.807, 2.05) is 0 Å². The molecule has 0 saturated carbocycles. The van der Waals surface area contributed by atoms with Gasteiger partial charge in [-0.05, 0) is 19.3 Å². The van der Waals surface area contributed by atoms with Gasteiger partial charge in [0.25, 0.3) is 0 Å². The Balaban J connectivity index is 1.93. The fraction of sp³-hybridized carbons (Fsp3) is 0.800. The van der Waals surface area contributed by atoms with Gasteiger partial charge in [-0.3, -0.25) is 14.4 Å². The molecule has 2 aliphatic rings. The second-order valence-electron chi connectivity index (χ2n) is 6.36. The Bertz CT molecular complexity index is 456. The minimum atomic E-state index is -0.379. The third-order valence-corrected chi connectivity index (χ3v) is 4.77. The molecule has 2 saturated heterocycles. The molecule has 2 aliphatic heterocycles. The van der Waals surface area contributed by atoms with Crippen molar-refractivity contribution in [3.05, 3.63) is 0 Å². The lowest BCUT2D eigenvalue weighted by Crippen LogP contribution is -2.48. The van der Waals surface area contributed by atoms with E-state index in [-0.39, 0.29) is 36.3 Å². The van der Waals surface area contributed by atoms with Gasteiger partial charge in [0.2, 0.25) is 17.7 Å². The molecule has 3 amide bonds. The van der Waals surface area contributed by atoms with E-state index in [9.17, 15) is 14.4 Å². The summed E-state index contributed by atoms with van der Waals surface area (Å²) in [6.07, 6.45) is 2.13. The first-order valence-corrected chi connectivity index (χ1v) is 7.66.